The summed E-state index contributed by atoms with van der Waals surface area (Å²) in [4.78, 5) is 14.3. The number of hydrogen-bond acceptors (Lipinski definition) is 3. The van der Waals surface area contributed by atoms with Crippen LogP contribution >= 0.6 is 0 Å². The van der Waals surface area contributed by atoms with Gasteiger partial charge in [-0.3, -0.25) is 4.79 Å². The molecular weight excluding hydrogens is 254 g/mol. The summed E-state index contributed by atoms with van der Waals surface area (Å²) >= 11 is 0. The van der Waals surface area contributed by atoms with Crippen molar-refractivity contribution in [2.24, 2.45) is 0 Å². The van der Waals surface area contributed by atoms with Crippen LogP contribution in [0.15, 0.2) is 30.3 Å². The molecule has 2 rings (SSSR count). The average Bonchev–Trinajstić information content (AvgIpc) is 2.65. The van der Waals surface area contributed by atoms with Crippen molar-refractivity contribution in [3.05, 3.63) is 30.3 Å². The molecule has 4 nitrogen and oxygen atoms in total. The third kappa shape index (κ3) is 2.96. The number of carbonyl (C=O) groups excluding carboxylic acids is 1. The molecule has 20 heavy (non-hydrogen) atoms. The lowest BCUT2D eigenvalue weighted by Crippen LogP contribution is -2.49. The zero-order valence-electron chi connectivity index (χ0n) is 12.6. The Morgan fingerprint density at radius 3 is 2.60 bits per heavy atom. The molecule has 1 aliphatic rings. The lowest BCUT2D eigenvalue weighted by Gasteiger charge is -2.33. The van der Waals surface area contributed by atoms with E-state index >= 15 is 0 Å². The Balaban J connectivity index is 2.04. The van der Waals surface area contributed by atoms with Crippen molar-refractivity contribution in [3.63, 3.8) is 0 Å². The van der Waals surface area contributed by atoms with E-state index in [0.717, 1.165) is 6.42 Å². The van der Waals surface area contributed by atoms with Gasteiger partial charge in [0.05, 0.1) is 12.1 Å². The van der Waals surface area contributed by atoms with Crippen molar-refractivity contribution < 1.29 is 14.3 Å². The Morgan fingerprint density at radius 1 is 1.35 bits per heavy atom. The topological polar surface area (TPSA) is 38.8 Å². The molecule has 4 heteroatoms. The second-order valence-corrected chi connectivity index (χ2v) is 5.61. The fraction of sp³-hybridized carbons (Fsp3) is 0.562. The summed E-state index contributed by atoms with van der Waals surface area (Å²) in [7, 11) is 0. The highest BCUT2D eigenvalue weighted by atomic mass is 16.5. The molecule has 1 aromatic carbocycles. The van der Waals surface area contributed by atoms with Gasteiger partial charge in [-0.2, -0.15) is 0 Å². The number of rotatable bonds is 4. The molecule has 1 heterocycles. The van der Waals surface area contributed by atoms with Crippen LogP contribution in [0.5, 0.6) is 5.75 Å². The Kier molecular flexibility index (Phi) is 4.33. The van der Waals surface area contributed by atoms with Gasteiger partial charge in [-0.05, 0) is 39.3 Å². The van der Waals surface area contributed by atoms with Crippen LogP contribution in [0.2, 0.25) is 0 Å². The lowest BCUT2D eigenvalue weighted by molar-refractivity contribution is -0.149. The summed E-state index contributed by atoms with van der Waals surface area (Å²) in [6.45, 7) is 7.99. The summed E-state index contributed by atoms with van der Waals surface area (Å²) < 4.78 is 11.4. The minimum atomic E-state index is -0.572. The van der Waals surface area contributed by atoms with Gasteiger partial charge >= 0.3 is 0 Å². The average molecular weight is 277 g/mol. The van der Waals surface area contributed by atoms with E-state index in [1.165, 1.54) is 0 Å². The quantitative estimate of drug-likeness (QED) is 0.849. The fourth-order valence-corrected chi connectivity index (χ4v) is 2.93. The van der Waals surface area contributed by atoms with E-state index < -0.39 is 5.72 Å². The number of amides is 1. The van der Waals surface area contributed by atoms with Crippen LogP contribution in [0.1, 0.15) is 34.1 Å². The van der Waals surface area contributed by atoms with E-state index in [4.69, 9.17) is 9.47 Å². The van der Waals surface area contributed by atoms with Crippen molar-refractivity contribution in [2.75, 3.05) is 6.61 Å². The molecule has 0 radical (unpaired) electrons. The number of para-hydroxylation sites is 1. The van der Waals surface area contributed by atoms with E-state index in [9.17, 15) is 4.79 Å². The SMILES string of the molecule is CCC1C(C)OC(C)(C)N1C(=O)COc1ccccc1. The highest BCUT2D eigenvalue weighted by Gasteiger charge is 2.46. The zero-order valence-corrected chi connectivity index (χ0v) is 12.6. The van der Waals surface area contributed by atoms with Crippen molar-refractivity contribution in [2.45, 2.75) is 52.0 Å². The minimum Gasteiger partial charge on any atom is -0.484 e. The van der Waals surface area contributed by atoms with Crippen LogP contribution in [0, 0.1) is 0 Å². The molecule has 0 saturated carbocycles. The zero-order chi connectivity index (χ0) is 14.8. The summed E-state index contributed by atoms with van der Waals surface area (Å²) in [6.07, 6.45) is 0.928. The van der Waals surface area contributed by atoms with Gasteiger partial charge in [-0.25, -0.2) is 0 Å². The molecule has 1 fully saturated rings. The van der Waals surface area contributed by atoms with E-state index in [0.29, 0.717) is 5.75 Å². The molecule has 1 saturated heterocycles. The molecule has 2 atom stereocenters. The van der Waals surface area contributed by atoms with Crippen molar-refractivity contribution in [3.8, 4) is 5.75 Å². The van der Waals surface area contributed by atoms with Gasteiger partial charge < -0.3 is 14.4 Å². The third-order valence-corrected chi connectivity index (χ3v) is 3.72. The van der Waals surface area contributed by atoms with Crippen LogP contribution in [0.25, 0.3) is 0 Å². The standard InChI is InChI=1S/C16H23NO3/c1-5-14-12(2)20-16(3,4)17(14)15(18)11-19-13-9-7-6-8-10-13/h6-10,12,14H,5,11H2,1-4H3. The first kappa shape index (κ1) is 14.9. The number of ether oxygens (including phenoxy) is 2. The van der Waals surface area contributed by atoms with Gasteiger partial charge in [0, 0.05) is 0 Å². The summed E-state index contributed by atoms with van der Waals surface area (Å²) in [5, 5.41) is 0. The Labute approximate surface area is 120 Å². The van der Waals surface area contributed by atoms with E-state index in [-0.39, 0.29) is 24.7 Å². The highest BCUT2D eigenvalue weighted by Crippen LogP contribution is 2.33. The van der Waals surface area contributed by atoms with Crippen LogP contribution in [0.3, 0.4) is 0 Å². The molecule has 0 bridgehead atoms. The van der Waals surface area contributed by atoms with Crippen LogP contribution in [-0.2, 0) is 9.53 Å². The summed E-state index contributed by atoms with van der Waals surface area (Å²) in [5.41, 5.74) is -0.572. The first-order valence-corrected chi connectivity index (χ1v) is 7.13. The Hall–Kier alpha value is -1.55. The van der Waals surface area contributed by atoms with Gasteiger partial charge in [0.2, 0.25) is 0 Å². The van der Waals surface area contributed by atoms with E-state index in [1.54, 1.807) is 0 Å². The van der Waals surface area contributed by atoms with Crippen molar-refractivity contribution in [1.82, 2.24) is 4.90 Å². The Morgan fingerprint density at radius 2 is 2.00 bits per heavy atom. The summed E-state index contributed by atoms with van der Waals surface area (Å²) in [6, 6.07) is 9.49. The number of hydrogen-bond donors (Lipinski definition) is 0. The number of carbonyl (C=O) groups is 1. The van der Waals surface area contributed by atoms with Gasteiger partial charge in [0.25, 0.3) is 5.91 Å². The first-order valence-electron chi connectivity index (χ1n) is 7.13. The fourth-order valence-electron chi connectivity index (χ4n) is 2.93. The molecule has 1 aliphatic heterocycles. The second kappa shape index (κ2) is 5.83. The van der Waals surface area contributed by atoms with E-state index in [2.05, 4.69) is 6.92 Å². The molecule has 2 unspecified atom stereocenters. The molecule has 0 N–H and O–H groups in total. The maximum absolute atomic E-state index is 12.5. The molecule has 0 aliphatic carbocycles. The first-order chi connectivity index (χ1) is 9.45. The second-order valence-electron chi connectivity index (χ2n) is 5.61. The minimum absolute atomic E-state index is 0.0324. The molecule has 1 amide bonds. The van der Waals surface area contributed by atoms with Gasteiger partial charge in [0.15, 0.2) is 6.61 Å². The molecule has 0 aromatic heterocycles. The molecule has 110 valence electrons. The van der Waals surface area contributed by atoms with Crippen LogP contribution in [0.4, 0.5) is 0 Å². The maximum Gasteiger partial charge on any atom is 0.263 e. The predicted octanol–water partition coefficient (Wildman–Crippen LogP) is 2.83. The highest BCUT2D eigenvalue weighted by molar-refractivity contribution is 5.79. The van der Waals surface area contributed by atoms with Gasteiger partial charge in [-0.15, -0.1) is 0 Å². The molecule has 0 spiro atoms. The lowest BCUT2D eigenvalue weighted by atomic mass is 10.1. The van der Waals surface area contributed by atoms with Crippen LogP contribution < -0.4 is 4.74 Å². The smallest absolute Gasteiger partial charge is 0.263 e. The van der Waals surface area contributed by atoms with Gasteiger partial charge in [0.1, 0.15) is 11.5 Å². The van der Waals surface area contributed by atoms with Crippen molar-refractivity contribution in [1.29, 1.82) is 0 Å². The normalized spacial score (nSPS) is 24.7. The summed E-state index contributed by atoms with van der Waals surface area (Å²) in [5.74, 6) is 0.676. The van der Waals surface area contributed by atoms with Crippen LogP contribution in [-0.4, -0.2) is 35.3 Å². The predicted molar refractivity (Wildman–Crippen MR) is 77.5 cm³/mol. The molecular formula is C16H23NO3. The Bertz CT molecular complexity index is 458. The third-order valence-electron chi connectivity index (χ3n) is 3.72. The van der Waals surface area contributed by atoms with Gasteiger partial charge in [-0.1, -0.05) is 25.1 Å². The largest absolute Gasteiger partial charge is 0.484 e. The number of nitrogens with zero attached hydrogens (tertiary/aromatic N) is 1. The maximum atomic E-state index is 12.5. The molecule has 1 aromatic rings. The van der Waals surface area contributed by atoms with Crippen molar-refractivity contribution >= 4 is 5.91 Å². The monoisotopic (exact) mass is 277 g/mol. The number of benzene rings is 1. The van der Waals surface area contributed by atoms with E-state index in [1.807, 2.05) is 56.0 Å².